The Morgan fingerprint density at radius 1 is 1.33 bits per heavy atom. The summed E-state index contributed by atoms with van der Waals surface area (Å²) in [5.74, 6) is 1.97. The van der Waals surface area contributed by atoms with E-state index in [1.807, 2.05) is 6.07 Å². The smallest absolute Gasteiger partial charge is 0.457 e. The second-order valence-corrected chi connectivity index (χ2v) is 7.03. The van der Waals surface area contributed by atoms with Crippen molar-refractivity contribution < 1.29 is 14.4 Å². The first-order valence-electron chi connectivity index (χ1n) is 8.87. The van der Waals surface area contributed by atoms with Gasteiger partial charge >= 0.3 is 7.12 Å². The van der Waals surface area contributed by atoms with Gasteiger partial charge in [0.1, 0.15) is 12.2 Å². The van der Waals surface area contributed by atoms with Crippen molar-refractivity contribution in [3.05, 3.63) is 17.7 Å². The molecule has 2 saturated heterocycles. The number of anilines is 1. The van der Waals surface area contributed by atoms with Gasteiger partial charge in [-0.15, -0.1) is 0 Å². The summed E-state index contributed by atoms with van der Waals surface area (Å²) in [6, 6.07) is 5.84. The summed E-state index contributed by atoms with van der Waals surface area (Å²) < 4.78 is 11.5. The van der Waals surface area contributed by atoms with Crippen LogP contribution in [0.1, 0.15) is 37.7 Å². The molecule has 0 bridgehead atoms. The Morgan fingerprint density at radius 3 is 2.96 bits per heavy atom. The molecule has 3 heterocycles. The van der Waals surface area contributed by atoms with Crippen molar-refractivity contribution in [2.45, 2.75) is 44.0 Å². The van der Waals surface area contributed by atoms with Crippen molar-refractivity contribution in [1.82, 2.24) is 4.98 Å². The van der Waals surface area contributed by atoms with E-state index in [1.165, 1.54) is 0 Å². The van der Waals surface area contributed by atoms with Gasteiger partial charge < -0.3 is 19.3 Å². The van der Waals surface area contributed by atoms with Crippen LogP contribution < -0.4 is 9.64 Å². The van der Waals surface area contributed by atoms with Crippen molar-refractivity contribution in [1.29, 1.82) is 5.26 Å². The molecule has 1 aromatic rings. The molecule has 6 nitrogen and oxygen atoms in total. The Kier molecular flexibility index (Phi) is 4.34. The van der Waals surface area contributed by atoms with Gasteiger partial charge in [-0.25, -0.2) is 0 Å². The summed E-state index contributed by atoms with van der Waals surface area (Å²) in [4.78, 5) is 6.79. The minimum atomic E-state index is -0.606. The lowest BCUT2D eigenvalue weighted by Gasteiger charge is -2.31. The number of aromatic nitrogens is 1. The van der Waals surface area contributed by atoms with Crippen LogP contribution in [0.5, 0.6) is 5.88 Å². The van der Waals surface area contributed by atoms with Gasteiger partial charge in [-0.3, -0.25) is 0 Å². The lowest BCUT2D eigenvalue weighted by Crippen LogP contribution is -2.31. The van der Waals surface area contributed by atoms with Gasteiger partial charge in [-0.05, 0) is 49.9 Å². The second-order valence-electron chi connectivity index (χ2n) is 7.03. The first-order valence-corrected chi connectivity index (χ1v) is 8.87. The molecule has 1 aromatic heterocycles. The first-order chi connectivity index (χ1) is 11.7. The molecular weight excluding hydrogens is 305 g/mol. The molecule has 0 amide bonds. The number of nitriles is 1. The zero-order valence-corrected chi connectivity index (χ0v) is 13.7. The molecule has 2 aliphatic heterocycles. The van der Waals surface area contributed by atoms with Crippen LogP contribution in [0.2, 0.25) is 5.82 Å². The molecule has 3 unspecified atom stereocenters. The SMILES string of the molecule is N#Cc1ccc(OC2CCC3B(O)OCC3C2)nc1N1CCCC1. The molecule has 7 heteroatoms. The van der Waals surface area contributed by atoms with Crippen LogP contribution in [0.3, 0.4) is 0 Å². The maximum atomic E-state index is 9.80. The predicted octanol–water partition coefficient (Wildman–Crippen LogP) is 1.98. The third kappa shape index (κ3) is 2.96. The highest BCUT2D eigenvalue weighted by Gasteiger charge is 2.44. The van der Waals surface area contributed by atoms with Crippen molar-refractivity contribution in [2.24, 2.45) is 5.92 Å². The largest absolute Gasteiger partial charge is 0.474 e. The van der Waals surface area contributed by atoms with Crippen molar-refractivity contribution in [2.75, 3.05) is 24.6 Å². The maximum absolute atomic E-state index is 9.80. The van der Waals surface area contributed by atoms with E-state index >= 15 is 0 Å². The summed E-state index contributed by atoms with van der Waals surface area (Å²) in [5, 5.41) is 19.1. The molecule has 3 atom stereocenters. The van der Waals surface area contributed by atoms with Gasteiger partial charge in [-0.2, -0.15) is 10.2 Å². The number of pyridine rings is 1. The van der Waals surface area contributed by atoms with Crippen LogP contribution in [0.25, 0.3) is 0 Å². The van der Waals surface area contributed by atoms with E-state index in [9.17, 15) is 10.3 Å². The van der Waals surface area contributed by atoms with E-state index in [-0.39, 0.29) is 11.9 Å². The average Bonchev–Trinajstić information content (AvgIpc) is 3.25. The third-order valence-corrected chi connectivity index (χ3v) is 5.50. The normalized spacial score (nSPS) is 29.4. The van der Waals surface area contributed by atoms with E-state index in [0.717, 1.165) is 51.0 Å². The zero-order valence-electron chi connectivity index (χ0n) is 13.7. The Hall–Kier alpha value is -1.78. The van der Waals surface area contributed by atoms with E-state index in [2.05, 4.69) is 16.0 Å². The molecule has 24 heavy (non-hydrogen) atoms. The van der Waals surface area contributed by atoms with Gasteiger partial charge in [-0.1, -0.05) is 0 Å². The lowest BCUT2D eigenvalue weighted by molar-refractivity contribution is 0.115. The Balaban J connectivity index is 1.47. The van der Waals surface area contributed by atoms with E-state index < -0.39 is 7.12 Å². The number of fused-ring (bicyclic) bond motifs is 1. The van der Waals surface area contributed by atoms with Gasteiger partial charge in [0.15, 0.2) is 5.82 Å². The number of hydrogen-bond donors (Lipinski definition) is 1. The molecule has 1 N–H and O–H groups in total. The average molecular weight is 327 g/mol. The fraction of sp³-hybridized carbons (Fsp3) is 0.647. The molecule has 0 spiro atoms. The van der Waals surface area contributed by atoms with Crippen LogP contribution >= 0.6 is 0 Å². The molecule has 4 rings (SSSR count). The first kappa shape index (κ1) is 15.7. The summed E-state index contributed by atoms with van der Waals surface area (Å²) in [7, 11) is -0.606. The van der Waals surface area contributed by atoms with Crippen LogP contribution in [-0.4, -0.2) is 42.9 Å². The van der Waals surface area contributed by atoms with Crippen molar-refractivity contribution in [3.8, 4) is 11.9 Å². The van der Waals surface area contributed by atoms with Crippen LogP contribution in [0, 0.1) is 17.2 Å². The van der Waals surface area contributed by atoms with E-state index in [4.69, 9.17) is 9.39 Å². The monoisotopic (exact) mass is 327 g/mol. The Bertz CT molecular complexity index is 644. The van der Waals surface area contributed by atoms with Gasteiger partial charge in [0.05, 0.1) is 5.56 Å². The standard InChI is InChI=1S/C17H22BN3O3/c19-10-12-3-6-16(20-17(12)21-7-1-2-8-21)24-14-4-5-15-13(9-14)11-23-18(15)22/h3,6,13-15,22H,1-2,4-5,7-9,11H2. The highest BCUT2D eigenvalue weighted by Crippen LogP contribution is 2.42. The number of nitrogens with zero attached hydrogens (tertiary/aromatic N) is 3. The second kappa shape index (κ2) is 6.62. The topological polar surface area (TPSA) is 78.6 Å². The third-order valence-electron chi connectivity index (χ3n) is 5.50. The van der Waals surface area contributed by atoms with Gasteiger partial charge in [0.25, 0.3) is 0 Å². The highest BCUT2D eigenvalue weighted by molar-refractivity contribution is 6.45. The number of ether oxygens (including phenoxy) is 1. The molecule has 126 valence electrons. The summed E-state index contributed by atoms with van der Waals surface area (Å²) in [5.41, 5.74) is 0.611. The predicted molar refractivity (Wildman–Crippen MR) is 89.8 cm³/mol. The van der Waals surface area contributed by atoms with E-state index in [0.29, 0.717) is 24.0 Å². The van der Waals surface area contributed by atoms with Gasteiger partial charge in [0, 0.05) is 25.8 Å². The number of hydrogen-bond acceptors (Lipinski definition) is 6. The fourth-order valence-electron chi connectivity index (χ4n) is 4.19. The quantitative estimate of drug-likeness (QED) is 0.856. The minimum Gasteiger partial charge on any atom is -0.474 e. The van der Waals surface area contributed by atoms with Gasteiger partial charge in [0.2, 0.25) is 5.88 Å². The molecule has 0 aromatic carbocycles. The molecule has 0 radical (unpaired) electrons. The molecule has 1 aliphatic carbocycles. The Labute approximate surface area is 142 Å². The van der Waals surface area contributed by atoms with E-state index in [1.54, 1.807) is 6.07 Å². The maximum Gasteiger partial charge on any atom is 0.457 e. The summed E-state index contributed by atoms with van der Waals surface area (Å²) in [6.07, 6.45) is 5.11. The Morgan fingerprint density at radius 2 is 2.17 bits per heavy atom. The lowest BCUT2D eigenvalue weighted by atomic mass is 9.62. The molecule has 3 aliphatic rings. The summed E-state index contributed by atoms with van der Waals surface area (Å²) >= 11 is 0. The molecule has 3 fully saturated rings. The molecular formula is C17H22BN3O3. The van der Waals surface area contributed by atoms with Crippen molar-refractivity contribution >= 4 is 12.9 Å². The number of rotatable bonds is 3. The summed E-state index contributed by atoms with van der Waals surface area (Å²) in [6.45, 7) is 2.52. The van der Waals surface area contributed by atoms with Crippen LogP contribution in [-0.2, 0) is 4.65 Å². The van der Waals surface area contributed by atoms with Crippen molar-refractivity contribution in [3.63, 3.8) is 0 Å². The van der Waals surface area contributed by atoms with Crippen LogP contribution in [0.4, 0.5) is 5.82 Å². The zero-order chi connectivity index (χ0) is 16.5. The fourth-order valence-corrected chi connectivity index (χ4v) is 4.19. The molecule has 1 saturated carbocycles. The highest BCUT2D eigenvalue weighted by atomic mass is 16.5. The van der Waals surface area contributed by atoms with Crippen LogP contribution in [0.15, 0.2) is 12.1 Å². The minimum absolute atomic E-state index is 0.104.